The number of carbonyl (C=O) groups excluding carboxylic acids is 1. The van der Waals surface area contributed by atoms with Crippen molar-refractivity contribution in [3.8, 4) is 0 Å². The quantitative estimate of drug-likeness (QED) is 0.320. The van der Waals surface area contributed by atoms with Crippen LogP contribution >= 0.6 is 22.9 Å². The first-order chi connectivity index (χ1) is 14.6. The van der Waals surface area contributed by atoms with E-state index in [0.717, 1.165) is 44.1 Å². The lowest BCUT2D eigenvalue weighted by Crippen LogP contribution is -2.48. The number of halogens is 1. The molecule has 0 atom stereocenters. The van der Waals surface area contributed by atoms with Gasteiger partial charge in [-0.25, -0.2) is 0 Å². The second kappa shape index (κ2) is 11.8. The number of thiophene rings is 1. The lowest BCUT2D eigenvalue weighted by Gasteiger charge is -2.33. The van der Waals surface area contributed by atoms with Crippen LogP contribution in [0.3, 0.4) is 0 Å². The Bertz CT molecular complexity index is 801. The minimum atomic E-state index is -0.00793. The van der Waals surface area contributed by atoms with Crippen molar-refractivity contribution in [3.05, 3.63) is 46.8 Å². The van der Waals surface area contributed by atoms with Crippen molar-refractivity contribution in [3.63, 3.8) is 0 Å². The maximum Gasteiger partial charge on any atom is 0.224 e. The summed E-state index contributed by atoms with van der Waals surface area (Å²) in [5, 5.41) is 13.9. The van der Waals surface area contributed by atoms with Crippen molar-refractivity contribution in [2.45, 2.75) is 38.6 Å². The minimum Gasteiger partial charge on any atom is -0.363 e. The molecule has 1 aliphatic heterocycles. The number of hydrogen-bond donors (Lipinski definition) is 3. The van der Waals surface area contributed by atoms with Gasteiger partial charge in [0.15, 0.2) is 5.96 Å². The summed E-state index contributed by atoms with van der Waals surface area (Å²) in [6.07, 6.45) is 3.31. The van der Waals surface area contributed by atoms with E-state index in [1.165, 1.54) is 5.00 Å². The Morgan fingerprint density at radius 2 is 2.00 bits per heavy atom. The van der Waals surface area contributed by atoms with E-state index >= 15 is 0 Å². The van der Waals surface area contributed by atoms with Crippen LogP contribution < -0.4 is 20.9 Å². The Labute approximate surface area is 187 Å². The van der Waals surface area contributed by atoms with Crippen LogP contribution in [0, 0.1) is 0 Å². The number of hydrogen-bond acceptors (Lipinski definition) is 4. The maximum absolute atomic E-state index is 12.1. The van der Waals surface area contributed by atoms with Crippen molar-refractivity contribution >= 4 is 45.5 Å². The fraction of sp³-hybridized carbons (Fsp3) is 0.455. The van der Waals surface area contributed by atoms with E-state index < -0.39 is 0 Å². The van der Waals surface area contributed by atoms with E-state index in [9.17, 15) is 4.79 Å². The third-order valence-corrected chi connectivity index (χ3v) is 6.14. The number of carbonyl (C=O) groups is 1. The van der Waals surface area contributed by atoms with E-state index in [4.69, 9.17) is 11.6 Å². The average Bonchev–Trinajstić information content (AvgIpc) is 3.28. The molecule has 0 radical (unpaired) electrons. The highest BCUT2D eigenvalue weighted by Crippen LogP contribution is 2.24. The minimum absolute atomic E-state index is 0.00793. The number of anilines is 2. The molecule has 1 aliphatic rings. The Kier molecular flexibility index (Phi) is 8.83. The van der Waals surface area contributed by atoms with Gasteiger partial charge in [-0.3, -0.25) is 9.79 Å². The molecule has 30 heavy (non-hydrogen) atoms. The van der Waals surface area contributed by atoms with Crippen LogP contribution in [0.15, 0.2) is 46.8 Å². The fourth-order valence-electron chi connectivity index (χ4n) is 3.39. The average molecular weight is 448 g/mol. The Morgan fingerprint density at radius 1 is 1.23 bits per heavy atom. The zero-order valence-corrected chi connectivity index (χ0v) is 18.9. The van der Waals surface area contributed by atoms with E-state index in [2.05, 4.69) is 50.3 Å². The van der Waals surface area contributed by atoms with Crippen LogP contribution in [0.25, 0.3) is 0 Å². The third-order valence-electron chi connectivity index (χ3n) is 4.96. The first-order valence-electron chi connectivity index (χ1n) is 10.5. The monoisotopic (exact) mass is 447 g/mol. The number of guanidine groups is 1. The number of amides is 1. The highest BCUT2D eigenvalue weighted by Gasteiger charge is 2.20. The van der Waals surface area contributed by atoms with E-state index in [1.807, 2.05) is 0 Å². The van der Waals surface area contributed by atoms with Crippen molar-refractivity contribution in [2.75, 3.05) is 36.4 Å². The van der Waals surface area contributed by atoms with Gasteiger partial charge in [-0.1, -0.05) is 11.6 Å². The molecule has 6 nitrogen and oxygen atoms in total. The van der Waals surface area contributed by atoms with Gasteiger partial charge in [-0.15, -0.1) is 11.3 Å². The van der Waals surface area contributed by atoms with Crippen LogP contribution in [0.5, 0.6) is 0 Å². The number of nitrogens with zero attached hydrogens (tertiary/aromatic N) is 2. The summed E-state index contributed by atoms with van der Waals surface area (Å²) in [4.78, 5) is 19.2. The normalized spacial score (nSPS) is 15.1. The zero-order chi connectivity index (χ0) is 21.2. The first kappa shape index (κ1) is 22.4. The second-order valence-electron chi connectivity index (χ2n) is 7.28. The van der Waals surface area contributed by atoms with Gasteiger partial charge >= 0.3 is 0 Å². The Morgan fingerprint density at radius 3 is 2.67 bits per heavy atom. The molecule has 0 spiro atoms. The molecule has 3 N–H and O–H groups in total. The van der Waals surface area contributed by atoms with Crippen LogP contribution in [0.1, 0.15) is 32.6 Å². The molecule has 2 heterocycles. The van der Waals surface area contributed by atoms with Gasteiger partial charge in [-0.2, -0.15) is 0 Å². The van der Waals surface area contributed by atoms with Crippen molar-refractivity contribution in [2.24, 2.45) is 4.99 Å². The van der Waals surface area contributed by atoms with Crippen LogP contribution in [-0.2, 0) is 4.79 Å². The molecule has 2 aromatic rings. The smallest absolute Gasteiger partial charge is 0.224 e. The molecule has 1 aromatic carbocycles. The molecule has 162 valence electrons. The zero-order valence-electron chi connectivity index (χ0n) is 17.4. The predicted octanol–water partition coefficient (Wildman–Crippen LogP) is 4.34. The molecular weight excluding hydrogens is 418 g/mol. The van der Waals surface area contributed by atoms with Gasteiger partial charge in [-0.05, 0) is 68.0 Å². The molecule has 0 aliphatic carbocycles. The fourth-order valence-corrected chi connectivity index (χ4v) is 4.31. The Balaban J connectivity index is 1.38. The SMILES string of the molecule is CCNC(=NCCCC(=O)Nc1ccc(Cl)cc1)NC1CCN(c2cccs2)CC1. The number of piperidine rings is 1. The summed E-state index contributed by atoms with van der Waals surface area (Å²) in [7, 11) is 0. The largest absolute Gasteiger partial charge is 0.363 e. The number of aliphatic imine (C=N–C) groups is 1. The molecule has 8 heteroatoms. The summed E-state index contributed by atoms with van der Waals surface area (Å²) in [6.45, 7) is 5.61. The first-order valence-corrected chi connectivity index (χ1v) is 11.8. The highest BCUT2D eigenvalue weighted by molar-refractivity contribution is 7.14. The molecule has 0 bridgehead atoms. The highest BCUT2D eigenvalue weighted by atomic mass is 35.5. The molecule has 0 unspecified atom stereocenters. The summed E-state index contributed by atoms with van der Waals surface area (Å²) in [5.74, 6) is 0.830. The predicted molar refractivity (Wildman–Crippen MR) is 128 cm³/mol. The van der Waals surface area contributed by atoms with E-state index in [-0.39, 0.29) is 5.91 Å². The van der Waals surface area contributed by atoms with Crippen molar-refractivity contribution in [1.82, 2.24) is 10.6 Å². The number of benzene rings is 1. The Hall–Kier alpha value is -2.25. The van der Waals surface area contributed by atoms with Gasteiger partial charge in [0, 0.05) is 49.4 Å². The van der Waals surface area contributed by atoms with Crippen molar-refractivity contribution in [1.29, 1.82) is 0 Å². The van der Waals surface area contributed by atoms with Crippen LogP contribution in [-0.4, -0.2) is 44.1 Å². The van der Waals surface area contributed by atoms with Gasteiger partial charge < -0.3 is 20.9 Å². The second-order valence-corrected chi connectivity index (χ2v) is 8.64. The van der Waals surface area contributed by atoms with E-state index in [0.29, 0.717) is 30.5 Å². The summed E-state index contributed by atoms with van der Waals surface area (Å²) < 4.78 is 0. The lowest BCUT2D eigenvalue weighted by molar-refractivity contribution is -0.116. The molecular formula is C22H30ClN5OS. The van der Waals surface area contributed by atoms with Gasteiger partial charge in [0.25, 0.3) is 0 Å². The summed E-state index contributed by atoms with van der Waals surface area (Å²) in [6, 6.07) is 11.8. The maximum atomic E-state index is 12.1. The summed E-state index contributed by atoms with van der Waals surface area (Å²) in [5.41, 5.74) is 0.761. The molecule has 1 fully saturated rings. The van der Waals surface area contributed by atoms with Gasteiger partial charge in [0.2, 0.25) is 5.91 Å². The lowest BCUT2D eigenvalue weighted by atomic mass is 10.1. The number of nitrogens with one attached hydrogen (secondary N) is 3. The summed E-state index contributed by atoms with van der Waals surface area (Å²) >= 11 is 7.67. The van der Waals surface area contributed by atoms with E-state index in [1.54, 1.807) is 35.6 Å². The van der Waals surface area contributed by atoms with Crippen LogP contribution in [0.4, 0.5) is 10.7 Å². The van der Waals surface area contributed by atoms with Gasteiger partial charge in [0.1, 0.15) is 0 Å². The third kappa shape index (κ3) is 7.22. The molecule has 1 amide bonds. The molecule has 1 saturated heterocycles. The van der Waals surface area contributed by atoms with Gasteiger partial charge in [0.05, 0.1) is 5.00 Å². The molecule has 1 aromatic heterocycles. The molecule has 0 saturated carbocycles. The van der Waals surface area contributed by atoms with Crippen LogP contribution in [0.2, 0.25) is 5.02 Å². The molecule has 3 rings (SSSR count). The standard InChI is InChI=1S/C22H30ClN5OS/c1-2-24-22(27-19-11-14-28(15-12-19)21-6-4-16-30-21)25-13-3-5-20(29)26-18-9-7-17(23)8-10-18/h4,6-10,16,19H,2-3,5,11-15H2,1H3,(H,26,29)(H2,24,25,27). The van der Waals surface area contributed by atoms with Crippen molar-refractivity contribution < 1.29 is 4.79 Å². The topological polar surface area (TPSA) is 68.8 Å². The number of rotatable bonds is 8.